The molecule has 2 heterocycles. The van der Waals surface area contributed by atoms with Crippen LogP contribution in [0.2, 0.25) is 0 Å². The summed E-state index contributed by atoms with van der Waals surface area (Å²) in [6, 6.07) is 8.20. The van der Waals surface area contributed by atoms with E-state index in [9.17, 15) is 14.4 Å². The Morgan fingerprint density at radius 3 is 2.35 bits per heavy atom. The van der Waals surface area contributed by atoms with Gasteiger partial charge in [0.1, 0.15) is 10.6 Å². The minimum atomic E-state index is -1.08. The summed E-state index contributed by atoms with van der Waals surface area (Å²) in [5, 5.41) is 6.17. The second kappa shape index (κ2) is 12.2. The number of benzene rings is 1. The maximum absolute atomic E-state index is 14.4. The van der Waals surface area contributed by atoms with Gasteiger partial charge in [-0.15, -0.1) is 0 Å². The van der Waals surface area contributed by atoms with Crippen molar-refractivity contribution >= 4 is 40.6 Å². The van der Waals surface area contributed by atoms with Crippen LogP contribution < -0.4 is 21.3 Å². The smallest absolute Gasteiger partial charge is 0.273 e. The van der Waals surface area contributed by atoms with Crippen molar-refractivity contribution in [2.24, 2.45) is 0 Å². The molecule has 4 N–H and O–H groups in total. The highest BCUT2D eigenvalue weighted by Crippen LogP contribution is 2.36. The topological polar surface area (TPSA) is 131 Å². The maximum atomic E-state index is 14.4. The number of carbonyl (C=O) groups excluding carboxylic acids is 3. The van der Waals surface area contributed by atoms with Gasteiger partial charge in [0.25, 0.3) is 17.7 Å². The number of aromatic nitrogens is 1. The van der Waals surface area contributed by atoms with Crippen LogP contribution in [0.1, 0.15) is 101 Å². The summed E-state index contributed by atoms with van der Waals surface area (Å²) in [7, 11) is 0. The van der Waals surface area contributed by atoms with E-state index in [4.69, 9.17) is 10.2 Å². The van der Waals surface area contributed by atoms with E-state index in [1.807, 2.05) is 32.0 Å². The van der Waals surface area contributed by atoms with E-state index in [-0.39, 0.29) is 40.2 Å². The molecule has 0 spiro atoms. The van der Waals surface area contributed by atoms with Gasteiger partial charge in [-0.2, -0.15) is 4.37 Å². The lowest BCUT2D eigenvalue weighted by molar-refractivity contribution is -0.123. The Balaban J connectivity index is 1.54. The Bertz CT molecular complexity index is 1360. The molecule has 2 aliphatic rings. The molecular formula is C30H37N5O4S. The number of nitrogens with zero attached hydrogens (tertiary/aromatic N) is 2. The summed E-state index contributed by atoms with van der Waals surface area (Å²) < 4.78 is 10.0. The van der Waals surface area contributed by atoms with Crippen molar-refractivity contribution in [1.29, 1.82) is 0 Å². The molecule has 40 heavy (non-hydrogen) atoms. The first kappa shape index (κ1) is 27.9. The minimum absolute atomic E-state index is 0.0201. The van der Waals surface area contributed by atoms with Crippen LogP contribution in [0.5, 0.6) is 0 Å². The first-order chi connectivity index (χ1) is 19.3. The summed E-state index contributed by atoms with van der Waals surface area (Å²) in [4.78, 5) is 42.9. The highest BCUT2D eigenvalue weighted by atomic mass is 32.1. The number of amides is 3. The van der Waals surface area contributed by atoms with Gasteiger partial charge in [0, 0.05) is 17.8 Å². The van der Waals surface area contributed by atoms with Gasteiger partial charge >= 0.3 is 0 Å². The highest BCUT2D eigenvalue weighted by molar-refractivity contribution is 7.09. The number of anilines is 2. The van der Waals surface area contributed by atoms with Crippen molar-refractivity contribution in [2.45, 2.75) is 89.8 Å². The fraction of sp³-hybridized carbons (Fsp3) is 0.467. The molecule has 0 bridgehead atoms. The zero-order chi connectivity index (χ0) is 28.2. The van der Waals surface area contributed by atoms with Crippen molar-refractivity contribution < 1.29 is 18.8 Å². The lowest BCUT2D eigenvalue weighted by atomic mass is 9.95. The fourth-order valence-corrected chi connectivity index (χ4v) is 6.48. The summed E-state index contributed by atoms with van der Waals surface area (Å²) >= 11 is 0.876. The Labute approximate surface area is 238 Å². The van der Waals surface area contributed by atoms with E-state index in [1.165, 1.54) is 11.2 Å². The van der Waals surface area contributed by atoms with Crippen molar-refractivity contribution in [3.8, 4) is 0 Å². The van der Waals surface area contributed by atoms with Gasteiger partial charge in [-0.3, -0.25) is 19.3 Å². The average Bonchev–Trinajstić information content (AvgIpc) is 3.72. The van der Waals surface area contributed by atoms with Gasteiger partial charge in [-0.1, -0.05) is 44.2 Å². The third-order valence-electron chi connectivity index (χ3n) is 7.94. The molecule has 9 nitrogen and oxygen atoms in total. The third kappa shape index (κ3) is 5.91. The van der Waals surface area contributed by atoms with Gasteiger partial charge in [0.05, 0.1) is 12.0 Å². The maximum Gasteiger partial charge on any atom is 0.273 e. The van der Waals surface area contributed by atoms with Gasteiger partial charge in [-0.05, 0) is 80.4 Å². The Morgan fingerprint density at radius 1 is 1.00 bits per heavy atom. The number of hydrogen-bond donors (Lipinski definition) is 3. The first-order valence-electron chi connectivity index (χ1n) is 14.1. The molecule has 2 aromatic heterocycles. The van der Waals surface area contributed by atoms with Crippen LogP contribution in [-0.4, -0.2) is 34.2 Å². The van der Waals surface area contributed by atoms with E-state index < -0.39 is 11.9 Å². The summed E-state index contributed by atoms with van der Waals surface area (Å²) in [5.41, 5.74) is 8.79. The first-order valence-corrected chi connectivity index (χ1v) is 14.9. The van der Waals surface area contributed by atoms with Crippen LogP contribution in [0.15, 0.2) is 41.0 Å². The molecule has 3 amide bonds. The molecule has 0 unspecified atom stereocenters. The molecule has 3 aromatic rings. The molecule has 1 aromatic carbocycles. The van der Waals surface area contributed by atoms with E-state index in [0.29, 0.717) is 11.4 Å². The highest BCUT2D eigenvalue weighted by Gasteiger charge is 2.39. The Kier molecular flexibility index (Phi) is 8.54. The SMILES string of the molecule is Cc1ccc(C)c(N(C(=O)c2snc(C(=O)NC3CCCC3)c2N)[C@@H](C(=O)NC2CCCCC2)c2ccco2)c1. The van der Waals surface area contributed by atoms with Gasteiger partial charge < -0.3 is 20.8 Å². The quantitative estimate of drug-likeness (QED) is 0.334. The van der Waals surface area contributed by atoms with E-state index in [0.717, 1.165) is 80.4 Å². The zero-order valence-electron chi connectivity index (χ0n) is 23.1. The summed E-state index contributed by atoms with van der Waals surface area (Å²) in [5.74, 6) is -0.873. The Hall–Kier alpha value is -3.66. The molecule has 0 aliphatic heterocycles. The van der Waals surface area contributed by atoms with Crippen molar-refractivity contribution in [1.82, 2.24) is 15.0 Å². The van der Waals surface area contributed by atoms with Gasteiger partial charge in [0.2, 0.25) is 0 Å². The largest absolute Gasteiger partial charge is 0.467 e. The number of aryl methyl sites for hydroxylation is 2. The predicted molar refractivity (Wildman–Crippen MR) is 155 cm³/mol. The normalized spacial score (nSPS) is 16.9. The van der Waals surface area contributed by atoms with Crippen molar-refractivity contribution in [3.05, 3.63) is 64.1 Å². The lowest BCUT2D eigenvalue weighted by Crippen LogP contribution is -2.47. The number of nitrogens with two attached hydrogens (primary N) is 1. The second-order valence-electron chi connectivity index (χ2n) is 11.0. The molecular weight excluding hydrogens is 526 g/mol. The van der Waals surface area contributed by atoms with Crippen LogP contribution in [0.3, 0.4) is 0 Å². The molecule has 5 rings (SSSR count). The van der Waals surface area contributed by atoms with E-state index in [2.05, 4.69) is 15.0 Å². The summed E-state index contributed by atoms with van der Waals surface area (Å²) in [6.45, 7) is 3.83. The zero-order valence-corrected chi connectivity index (χ0v) is 23.9. The van der Waals surface area contributed by atoms with Crippen molar-refractivity contribution in [2.75, 3.05) is 10.6 Å². The molecule has 0 radical (unpaired) electrons. The van der Waals surface area contributed by atoms with E-state index in [1.54, 1.807) is 12.1 Å². The fourth-order valence-electron chi connectivity index (χ4n) is 5.74. The van der Waals surface area contributed by atoms with Gasteiger partial charge in [0.15, 0.2) is 11.7 Å². The standard InChI is InChI=1S/C30H37N5O4S/c1-18-14-15-19(2)22(17-18)35(26(23-13-8-16-39-23)29(37)33-21-9-4-3-5-10-21)30(38)27-24(31)25(34-40-27)28(36)32-20-11-6-7-12-20/h8,13-17,20-21,26H,3-7,9-12,31H2,1-2H3,(H,32,36)(H,33,37)/t26-/m1/s1. The van der Waals surface area contributed by atoms with Crippen LogP contribution in [0.4, 0.5) is 11.4 Å². The third-order valence-corrected chi connectivity index (χ3v) is 8.79. The van der Waals surface area contributed by atoms with Crippen LogP contribution >= 0.6 is 11.5 Å². The molecule has 1 atom stereocenters. The second-order valence-corrected chi connectivity index (χ2v) is 11.7. The lowest BCUT2D eigenvalue weighted by Gasteiger charge is -2.33. The average molecular weight is 564 g/mol. The molecule has 0 saturated heterocycles. The monoisotopic (exact) mass is 563 g/mol. The number of carbonyl (C=O) groups is 3. The van der Waals surface area contributed by atoms with E-state index >= 15 is 0 Å². The van der Waals surface area contributed by atoms with Gasteiger partial charge in [-0.25, -0.2) is 0 Å². The van der Waals surface area contributed by atoms with Crippen molar-refractivity contribution in [3.63, 3.8) is 0 Å². The number of furan rings is 1. The summed E-state index contributed by atoms with van der Waals surface area (Å²) in [6.07, 6.45) is 10.5. The number of nitrogens with one attached hydrogen (secondary N) is 2. The Morgan fingerprint density at radius 2 is 1.68 bits per heavy atom. The molecule has 2 fully saturated rings. The molecule has 2 saturated carbocycles. The molecule has 212 valence electrons. The number of hydrogen-bond acceptors (Lipinski definition) is 7. The number of nitrogen functional groups attached to an aromatic ring is 1. The van der Waals surface area contributed by atoms with Crippen LogP contribution in [0.25, 0.3) is 0 Å². The predicted octanol–water partition coefficient (Wildman–Crippen LogP) is 5.44. The van der Waals surface area contributed by atoms with Crippen LogP contribution in [0, 0.1) is 13.8 Å². The minimum Gasteiger partial charge on any atom is -0.467 e. The van der Waals surface area contributed by atoms with Crippen LogP contribution in [-0.2, 0) is 4.79 Å². The molecule has 10 heteroatoms. The molecule has 2 aliphatic carbocycles. The number of rotatable bonds is 8.